The van der Waals surface area contributed by atoms with E-state index in [-0.39, 0.29) is 30.3 Å². The number of nitrogens with zero attached hydrogens (tertiary/aromatic N) is 2. The molecule has 2 N–H and O–H groups in total. The SMILES string of the molecule is Cc1ccc(NC(=O)N(CC(=O)N(CCc2c[nH]c3ccccc23)Cc2ccc(F)cc2)C2CC2)c(C)c1. The van der Waals surface area contributed by atoms with Crippen molar-refractivity contribution in [1.82, 2.24) is 14.8 Å². The fraction of sp³-hybridized carbons (Fsp3) is 0.290. The van der Waals surface area contributed by atoms with E-state index in [2.05, 4.69) is 16.4 Å². The zero-order valence-electron chi connectivity index (χ0n) is 21.8. The Balaban J connectivity index is 1.32. The molecule has 0 aliphatic heterocycles. The summed E-state index contributed by atoms with van der Waals surface area (Å²) in [6.07, 6.45) is 4.43. The summed E-state index contributed by atoms with van der Waals surface area (Å²) in [5.74, 6) is -0.440. The van der Waals surface area contributed by atoms with Crippen molar-refractivity contribution >= 4 is 28.5 Å². The van der Waals surface area contributed by atoms with E-state index in [9.17, 15) is 14.0 Å². The number of carbonyl (C=O) groups excluding carboxylic acids is 2. The Bertz CT molecular complexity index is 1440. The number of nitrogens with one attached hydrogen (secondary N) is 2. The van der Waals surface area contributed by atoms with Crippen molar-refractivity contribution in [3.63, 3.8) is 0 Å². The number of aryl methyl sites for hydroxylation is 2. The van der Waals surface area contributed by atoms with Crippen molar-refractivity contribution in [3.8, 4) is 0 Å². The van der Waals surface area contributed by atoms with Crippen LogP contribution in [0.2, 0.25) is 0 Å². The van der Waals surface area contributed by atoms with E-state index >= 15 is 0 Å². The second kappa shape index (κ2) is 11.1. The molecule has 4 aromatic rings. The first-order valence-electron chi connectivity index (χ1n) is 13.1. The molecule has 3 amide bonds. The number of halogens is 1. The number of H-pyrrole nitrogens is 1. The summed E-state index contributed by atoms with van der Waals surface area (Å²) in [7, 11) is 0. The minimum absolute atomic E-state index is 0.00348. The highest BCUT2D eigenvalue weighted by Gasteiger charge is 2.35. The van der Waals surface area contributed by atoms with Crippen LogP contribution in [0.3, 0.4) is 0 Å². The summed E-state index contributed by atoms with van der Waals surface area (Å²) in [4.78, 5) is 33.7. The highest BCUT2D eigenvalue weighted by atomic mass is 19.1. The van der Waals surface area contributed by atoms with Gasteiger partial charge < -0.3 is 20.1 Å². The molecule has 1 saturated carbocycles. The normalized spacial score (nSPS) is 12.9. The van der Waals surface area contributed by atoms with Gasteiger partial charge in [0.1, 0.15) is 12.4 Å². The van der Waals surface area contributed by atoms with Crippen LogP contribution in [0.5, 0.6) is 0 Å². The maximum atomic E-state index is 13.7. The maximum Gasteiger partial charge on any atom is 0.322 e. The van der Waals surface area contributed by atoms with E-state index in [0.29, 0.717) is 19.5 Å². The van der Waals surface area contributed by atoms with E-state index < -0.39 is 0 Å². The van der Waals surface area contributed by atoms with E-state index in [4.69, 9.17) is 0 Å². The number of aromatic amines is 1. The molecule has 0 atom stereocenters. The molecule has 3 aromatic carbocycles. The first-order valence-corrected chi connectivity index (χ1v) is 13.1. The van der Waals surface area contributed by atoms with Gasteiger partial charge in [-0.15, -0.1) is 0 Å². The number of fused-ring (bicyclic) bond motifs is 1. The first kappa shape index (κ1) is 25.5. The number of benzene rings is 3. The number of rotatable bonds is 9. The van der Waals surface area contributed by atoms with Gasteiger partial charge >= 0.3 is 6.03 Å². The summed E-state index contributed by atoms with van der Waals surface area (Å²) < 4.78 is 13.5. The van der Waals surface area contributed by atoms with Crippen molar-refractivity contribution in [1.29, 1.82) is 0 Å². The Morgan fingerprint density at radius 3 is 2.53 bits per heavy atom. The molecule has 1 fully saturated rings. The molecule has 1 aliphatic rings. The number of amides is 3. The van der Waals surface area contributed by atoms with E-state index in [1.54, 1.807) is 21.9 Å². The number of urea groups is 1. The lowest BCUT2D eigenvalue weighted by Crippen LogP contribution is -2.46. The Morgan fingerprint density at radius 1 is 1.03 bits per heavy atom. The Labute approximate surface area is 222 Å². The molecular formula is C31H33FN4O2. The Hall–Kier alpha value is -4.13. The molecule has 1 heterocycles. The number of hydrogen-bond acceptors (Lipinski definition) is 2. The lowest BCUT2D eigenvalue weighted by molar-refractivity contribution is -0.132. The molecule has 0 spiro atoms. The van der Waals surface area contributed by atoms with Crippen LogP contribution < -0.4 is 5.32 Å². The van der Waals surface area contributed by atoms with Crippen LogP contribution in [0.15, 0.2) is 72.9 Å². The fourth-order valence-corrected chi connectivity index (χ4v) is 4.84. The number of para-hydroxylation sites is 1. The van der Waals surface area contributed by atoms with Gasteiger partial charge in [-0.1, -0.05) is 48.0 Å². The summed E-state index contributed by atoms with van der Waals surface area (Å²) in [6.45, 7) is 4.80. The largest absolute Gasteiger partial charge is 0.361 e. The highest BCUT2D eigenvalue weighted by Crippen LogP contribution is 2.28. The van der Waals surface area contributed by atoms with Crippen LogP contribution >= 0.6 is 0 Å². The minimum atomic E-state index is -0.312. The van der Waals surface area contributed by atoms with Crippen LogP contribution in [-0.2, 0) is 17.8 Å². The second-order valence-corrected chi connectivity index (χ2v) is 10.2. The molecule has 0 bridgehead atoms. The molecule has 1 aromatic heterocycles. The van der Waals surface area contributed by atoms with Gasteiger partial charge in [-0.2, -0.15) is 0 Å². The average molecular weight is 513 g/mol. The van der Waals surface area contributed by atoms with Crippen molar-refractivity contribution in [2.24, 2.45) is 0 Å². The third kappa shape index (κ3) is 6.05. The molecule has 0 radical (unpaired) electrons. The van der Waals surface area contributed by atoms with Crippen LogP contribution in [0, 0.1) is 19.7 Å². The minimum Gasteiger partial charge on any atom is -0.361 e. The fourth-order valence-electron chi connectivity index (χ4n) is 4.84. The standard InChI is InChI=1S/C31H33FN4O2/c1-21-7-14-28(22(2)17-21)34-31(38)36(26-12-13-26)20-30(37)35(19-23-8-10-25(32)11-9-23)16-15-24-18-33-29-6-4-3-5-27(24)29/h3-11,14,17-18,26,33H,12-13,15-16,19-20H2,1-2H3,(H,34,38). The third-order valence-electron chi connectivity index (χ3n) is 7.14. The van der Waals surface area contributed by atoms with Crippen molar-refractivity contribution in [3.05, 3.63) is 101 Å². The van der Waals surface area contributed by atoms with Crippen LogP contribution in [0.4, 0.5) is 14.9 Å². The summed E-state index contributed by atoms with van der Waals surface area (Å²) in [5.41, 5.74) is 5.89. The smallest absolute Gasteiger partial charge is 0.322 e. The van der Waals surface area contributed by atoms with Crippen molar-refractivity contribution in [2.75, 3.05) is 18.4 Å². The highest BCUT2D eigenvalue weighted by molar-refractivity contribution is 5.93. The Morgan fingerprint density at radius 2 is 1.79 bits per heavy atom. The lowest BCUT2D eigenvalue weighted by Gasteiger charge is -2.28. The molecule has 1 aliphatic carbocycles. The third-order valence-corrected chi connectivity index (χ3v) is 7.14. The van der Waals surface area contributed by atoms with E-state index in [1.165, 1.54) is 12.1 Å². The van der Waals surface area contributed by atoms with Gasteiger partial charge in [0.2, 0.25) is 5.91 Å². The van der Waals surface area contributed by atoms with E-state index in [0.717, 1.165) is 51.7 Å². The molecule has 0 saturated heterocycles. The van der Waals surface area contributed by atoms with Gasteiger partial charge in [0, 0.05) is 41.9 Å². The predicted molar refractivity (Wildman–Crippen MR) is 148 cm³/mol. The van der Waals surface area contributed by atoms with E-state index in [1.807, 2.05) is 56.4 Å². The maximum absolute atomic E-state index is 13.7. The number of hydrogen-bond donors (Lipinski definition) is 2. The number of carbonyl (C=O) groups is 2. The zero-order valence-corrected chi connectivity index (χ0v) is 21.8. The number of anilines is 1. The quantitative estimate of drug-likeness (QED) is 0.281. The van der Waals surface area contributed by atoms with Gasteiger partial charge in [-0.05, 0) is 74.1 Å². The molecular weight excluding hydrogens is 479 g/mol. The molecule has 0 unspecified atom stereocenters. The van der Waals surface area contributed by atoms with Crippen LogP contribution in [0.25, 0.3) is 10.9 Å². The second-order valence-electron chi connectivity index (χ2n) is 10.2. The zero-order chi connectivity index (χ0) is 26.6. The molecule has 7 heteroatoms. The predicted octanol–water partition coefficient (Wildman–Crippen LogP) is 6.19. The van der Waals surface area contributed by atoms with Gasteiger partial charge in [0.25, 0.3) is 0 Å². The van der Waals surface area contributed by atoms with Gasteiger partial charge in [0.15, 0.2) is 0 Å². The topological polar surface area (TPSA) is 68.4 Å². The molecule has 196 valence electrons. The van der Waals surface area contributed by atoms with Crippen molar-refractivity contribution in [2.45, 2.75) is 45.7 Å². The van der Waals surface area contributed by atoms with Crippen LogP contribution in [0.1, 0.15) is 35.1 Å². The summed E-state index contributed by atoms with van der Waals surface area (Å²) >= 11 is 0. The average Bonchev–Trinajstić information content (AvgIpc) is 3.67. The lowest BCUT2D eigenvalue weighted by atomic mass is 10.1. The molecule has 38 heavy (non-hydrogen) atoms. The van der Waals surface area contributed by atoms with Crippen molar-refractivity contribution < 1.29 is 14.0 Å². The summed E-state index contributed by atoms with van der Waals surface area (Å²) in [5, 5.41) is 4.14. The first-order chi connectivity index (χ1) is 18.4. The van der Waals surface area contributed by atoms with Crippen LogP contribution in [-0.4, -0.2) is 45.9 Å². The number of aromatic nitrogens is 1. The Kier molecular flexibility index (Phi) is 7.45. The molecule has 6 nitrogen and oxygen atoms in total. The summed E-state index contributed by atoms with van der Waals surface area (Å²) in [6, 6.07) is 20.0. The van der Waals surface area contributed by atoms with Gasteiger partial charge in [-0.3, -0.25) is 4.79 Å². The van der Waals surface area contributed by atoms with Gasteiger partial charge in [-0.25, -0.2) is 9.18 Å². The monoisotopic (exact) mass is 512 g/mol. The van der Waals surface area contributed by atoms with Gasteiger partial charge in [0.05, 0.1) is 0 Å². The molecule has 5 rings (SSSR count).